The van der Waals surface area contributed by atoms with E-state index < -0.39 is 0 Å². The Morgan fingerprint density at radius 2 is 1.53 bits per heavy atom. The molecule has 2 atom stereocenters. The minimum atomic E-state index is -0.341. The molecule has 0 bridgehead atoms. The molecule has 5 rings (SSSR count). The molecule has 1 aliphatic heterocycles. The predicted molar refractivity (Wildman–Crippen MR) is 141 cm³/mol. The quantitative estimate of drug-likeness (QED) is 0.482. The average Bonchev–Trinajstić information content (AvgIpc) is 2.90. The number of benzene rings is 3. The van der Waals surface area contributed by atoms with Gasteiger partial charge in [0, 0.05) is 31.4 Å². The summed E-state index contributed by atoms with van der Waals surface area (Å²) in [7, 11) is 0. The minimum Gasteiger partial charge on any atom is -0.353 e. The summed E-state index contributed by atoms with van der Waals surface area (Å²) in [6.07, 6.45) is 6.14. The molecule has 0 spiro atoms. The first kappa shape index (κ1) is 24.4. The number of rotatable bonds is 6. The molecule has 1 saturated carbocycles. The van der Waals surface area contributed by atoms with Gasteiger partial charge in [0.25, 0.3) is 0 Å². The number of likely N-dealkylation sites (tertiary alicyclic amines) is 1. The average molecular weight is 488 g/mol. The van der Waals surface area contributed by atoms with E-state index in [1.165, 1.54) is 34.9 Å². The number of fused-ring (bicyclic) bond motifs is 1. The molecule has 6 heteroatoms. The highest BCUT2D eigenvalue weighted by Crippen LogP contribution is 2.27. The molecule has 188 valence electrons. The van der Waals surface area contributed by atoms with Gasteiger partial charge < -0.3 is 10.6 Å². The third kappa shape index (κ3) is 6.11. The smallest absolute Gasteiger partial charge is 0.228 e. The van der Waals surface area contributed by atoms with Crippen molar-refractivity contribution in [2.24, 2.45) is 11.8 Å². The van der Waals surface area contributed by atoms with E-state index in [9.17, 15) is 14.0 Å². The first-order chi connectivity index (χ1) is 17.5. The van der Waals surface area contributed by atoms with Crippen LogP contribution in [0.25, 0.3) is 10.8 Å². The number of hydrogen-bond acceptors (Lipinski definition) is 3. The molecule has 2 amide bonds. The van der Waals surface area contributed by atoms with Gasteiger partial charge in [-0.3, -0.25) is 14.5 Å². The van der Waals surface area contributed by atoms with Gasteiger partial charge >= 0.3 is 0 Å². The highest BCUT2D eigenvalue weighted by atomic mass is 19.1. The lowest BCUT2D eigenvalue weighted by Gasteiger charge is -2.37. The number of halogens is 1. The van der Waals surface area contributed by atoms with Crippen LogP contribution in [0.3, 0.4) is 0 Å². The number of hydrogen-bond donors (Lipinski definition) is 2. The first-order valence-electron chi connectivity index (χ1n) is 13.1. The Balaban J connectivity index is 1.31. The van der Waals surface area contributed by atoms with Gasteiger partial charge in [-0.25, -0.2) is 4.39 Å². The van der Waals surface area contributed by atoms with E-state index in [1.54, 1.807) is 12.1 Å². The molecule has 5 nitrogen and oxygen atoms in total. The van der Waals surface area contributed by atoms with Crippen LogP contribution in [0.2, 0.25) is 0 Å². The van der Waals surface area contributed by atoms with Gasteiger partial charge in [0.05, 0.1) is 11.8 Å². The van der Waals surface area contributed by atoms with E-state index in [0.29, 0.717) is 31.7 Å². The molecule has 2 fully saturated rings. The number of carbonyl (C=O) groups excluding carboxylic acids is 2. The zero-order chi connectivity index (χ0) is 24.9. The van der Waals surface area contributed by atoms with Gasteiger partial charge in [0.1, 0.15) is 5.82 Å². The Labute approximate surface area is 212 Å². The van der Waals surface area contributed by atoms with E-state index in [0.717, 1.165) is 25.7 Å². The van der Waals surface area contributed by atoms with Crippen molar-refractivity contribution in [2.75, 3.05) is 18.4 Å². The van der Waals surface area contributed by atoms with Crippen LogP contribution >= 0.6 is 0 Å². The number of piperidine rings is 1. The van der Waals surface area contributed by atoms with Crippen molar-refractivity contribution in [2.45, 2.75) is 51.1 Å². The van der Waals surface area contributed by atoms with Crippen molar-refractivity contribution in [3.63, 3.8) is 0 Å². The highest BCUT2D eigenvalue weighted by Gasteiger charge is 2.36. The summed E-state index contributed by atoms with van der Waals surface area (Å²) in [5.41, 5.74) is 1.73. The van der Waals surface area contributed by atoms with Gasteiger partial charge in [-0.05, 0) is 65.9 Å². The lowest BCUT2D eigenvalue weighted by molar-refractivity contribution is -0.130. The Morgan fingerprint density at radius 3 is 2.28 bits per heavy atom. The van der Waals surface area contributed by atoms with Crippen LogP contribution < -0.4 is 10.6 Å². The fraction of sp³-hybridized carbons (Fsp3) is 0.400. The van der Waals surface area contributed by atoms with Crippen molar-refractivity contribution >= 4 is 28.3 Å². The van der Waals surface area contributed by atoms with Crippen LogP contribution in [0.1, 0.15) is 44.1 Å². The summed E-state index contributed by atoms with van der Waals surface area (Å²) in [5.74, 6) is -0.979. The second-order valence-corrected chi connectivity index (χ2v) is 10.3. The largest absolute Gasteiger partial charge is 0.353 e. The standard InChI is InChI=1S/C30H34FN3O2/c31-26-12-14-28(15-13-26)33-30(36)25-17-24(29(35)32-27-8-2-1-3-9-27)19-34(20-25)18-21-10-11-22-6-4-5-7-23(22)16-21/h4-7,10-16,24-25,27H,1-3,8-9,17-20H2,(H,32,35)(H,33,36)/t24-,25+/m0/s1. The molecule has 2 aliphatic rings. The normalized spacial score (nSPS) is 21.2. The first-order valence-corrected chi connectivity index (χ1v) is 13.1. The molecule has 0 radical (unpaired) electrons. The van der Waals surface area contributed by atoms with E-state index in [2.05, 4.69) is 45.9 Å². The van der Waals surface area contributed by atoms with Crippen LogP contribution in [-0.4, -0.2) is 35.8 Å². The van der Waals surface area contributed by atoms with Crippen LogP contribution in [-0.2, 0) is 16.1 Å². The number of nitrogens with one attached hydrogen (secondary N) is 2. The minimum absolute atomic E-state index is 0.0599. The zero-order valence-corrected chi connectivity index (χ0v) is 20.6. The Bertz CT molecular complexity index is 1210. The van der Waals surface area contributed by atoms with Crippen molar-refractivity contribution < 1.29 is 14.0 Å². The fourth-order valence-corrected chi connectivity index (χ4v) is 5.64. The lowest BCUT2D eigenvalue weighted by Crippen LogP contribution is -2.50. The van der Waals surface area contributed by atoms with Gasteiger partial charge in [0.15, 0.2) is 0 Å². The molecule has 3 aromatic carbocycles. The predicted octanol–water partition coefficient (Wildman–Crippen LogP) is 5.50. The lowest BCUT2D eigenvalue weighted by atomic mass is 9.86. The second kappa shape index (κ2) is 11.2. The molecular formula is C30H34FN3O2. The number of carbonyl (C=O) groups is 2. The van der Waals surface area contributed by atoms with Crippen molar-refractivity contribution in [1.82, 2.24) is 10.2 Å². The van der Waals surface area contributed by atoms with Crippen LogP contribution in [0.5, 0.6) is 0 Å². The van der Waals surface area contributed by atoms with Crippen molar-refractivity contribution in [1.29, 1.82) is 0 Å². The van der Waals surface area contributed by atoms with Gasteiger partial charge in [0.2, 0.25) is 11.8 Å². The number of nitrogens with zero attached hydrogens (tertiary/aromatic N) is 1. The molecule has 36 heavy (non-hydrogen) atoms. The van der Waals surface area contributed by atoms with Gasteiger partial charge in [-0.15, -0.1) is 0 Å². The van der Waals surface area contributed by atoms with Crippen LogP contribution in [0.15, 0.2) is 66.7 Å². The Hall–Kier alpha value is -3.25. The van der Waals surface area contributed by atoms with E-state index in [1.807, 2.05) is 12.1 Å². The Morgan fingerprint density at radius 1 is 0.833 bits per heavy atom. The third-order valence-corrected chi connectivity index (χ3v) is 7.55. The van der Waals surface area contributed by atoms with E-state index in [4.69, 9.17) is 0 Å². The molecule has 2 N–H and O–H groups in total. The summed E-state index contributed by atoms with van der Waals surface area (Å²) in [6.45, 7) is 1.89. The van der Waals surface area contributed by atoms with Gasteiger partial charge in [-0.1, -0.05) is 55.7 Å². The van der Waals surface area contributed by atoms with Gasteiger partial charge in [-0.2, -0.15) is 0 Å². The molecule has 1 saturated heterocycles. The van der Waals surface area contributed by atoms with Crippen molar-refractivity contribution in [3.05, 3.63) is 78.1 Å². The number of anilines is 1. The molecular weight excluding hydrogens is 453 g/mol. The molecule has 0 aromatic heterocycles. The summed E-state index contributed by atoms with van der Waals surface area (Å²) < 4.78 is 13.3. The summed E-state index contributed by atoms with van der Waals surface area (Å²) in [6, 6.07) is 20.8. The second-order valence-electron chi connectivity index (χ2n) is 10.3. The highest BCUT2D eigenvalue weighted by molar-refractivity contribution is 5.93. The SMILES string of the molecule is O=C(Nc1ccc(F)cc1)[C@@H]1C[C@H](C(=O)NC2CCCCC2)CN(Cc2ccc3ccccc3c2)C1. The maximum Gasteiger partial charge on any atom is 0.228 e. The summed E-state index contributed by atoms with van der Waals surface area (Å²) in [5, 5.41) is 8.58. The van der Waals surface area contributed by atoms with E-state index in [-0.39, 0.29) is 35.5 Å². The number of amides is 2. The van der Waals surface area contributed by atoms with Crippen LogP contribution in [0.4, 0.5) is 10.1 Å². The van der Waals surface area contributed by atoms with E-state index >= 15 is 0 Å². The third-order valence-electron chi connectivity index (χ3n) is 7.55. The molecule has 0 unspecified atom stereocenters. The fourth-order valence-electron chi connectivity index (χ4n) is 5.64. The monoisotopic (exact) mass is 487 g/mol. The topological polar surface area (TPSA) is 61.4 Å². The zero-order valence-electron chi connectivity index (χ0n) is 20.6. The maximum absolute atomic E-state index is 13.3. The summed E-state index contributed by atoms with van der Waals surface area (Å²) >= 11 is 0. The molecule has 1 heterocycles. The Kier molecular flexibility index (Phi) is 7.61. The van der Waals surface area contributed by atoms with Crippen LogP contribution in [0, 0.1) is 17.7 Å². The van der Waals surface area contributed by atoms with Crippen molar-refractivity contribution in [3.8, 4) is 0 Å². The maximum atomic E-state index is 13.3. The molecule has 3 aromatic rings. The molecule has 1 aliphatic carbocycles. The summed E-state index contributed by atoms with van der Waals surface area (Å²) in [4.78, 5) is 28.7.